The van der Waals surface area contributed by atoms with Crippen molar-refractivity contribution in [2.24, 2.45) is 17.6 Å². The van der Waals surface area contributed by atoms with Crippen LogP contribution < -0.4 is 5.73 Å². The average Bonchev–Trinajstić information content (AvgIpc) is 2.34. The first-order valence-corrected chi connectivity index (χ1v) is 7.51. The first kappa shape index (κ1) is 14.5. The van der Waals surface area contributed by atoms with Crippen molar-refractivity contribution in [3.05, 3.63) is 35.4 Å². The van der Waals surface area contributed by atoms with Crippen molar-refractivity contribution in [3.63, 3.8) is 0 Å². The van der Waals surface area contributed by atoms with Crippen LogP contribution in [0.2, 0.25) is 0 Å². The molecule has 19 heavy (non-hydrogen) atoms. The normalized spacial score (nSPS) is 19.2. The lowest BCUT2D eigenvalue weighted by Crippen LogP contribution is -2.56. The molecule has 1 aromatic carbocycles. The number of hydrogen-bond acceptors (Lipinski definition) is 2. The minimum Gasteiger partial charge on any atom is -0.379 e. The Labute approximate surface area is 117 Å². The summed E-state index contributed by atoms with van der Waals surface area (Å²) in [5, 5.41) is 0. The molecule has 1 saturated heterocycles. The molecular weight excluding hydrogens is 234 g/mol. The molecular formula is C17H27NO. The van der Waals surface area contributed by atoms with Gasteiger partial charge in [-0.1, -0.05) is 51.5 Å². The summed E-state index contributed by atoms with van der Waals surface area (Å²) in [7, 11) is 0. The number of benzene rings is 1. The van der Waals surface area contributed by atoms with Gasteiger partial charge >= 0.3 is 0 Å². The van der Waals surface area contributed by atoms with Crippen LogP contribution in [0.5, 0.6) is 0 Å². The maximum atomic E-state index is 6.03. The lowest BCUT2D eigenvalue weighted by Gasteiger charge is -2.49. The minimum atomic E-state index is 0.146. The molecule has 0 aliphatic carbocycles. The fourth-order valence-corrected chi connectivity index (χ4v) is 3.34. The Morgan fingerprint density at radius 2 is 1.84 bits per heavy atom. The molecule has 2 N–H and O–H groups in total. The molecule has 0 radical (unpaired) electrons. The second kappa shape index (κ2) is 6.06. The molecule has 1 aliphatic heterocycles. The molecule has 0 spiro atoms. The SMILES string of the molecule is CCCc1ccc(C2(C(CN)C(C)C)COC2)cc1. The summed E-state index contributed by atoms with van der Waals surface area (Å²) in [4.78, 5) is 0. The summed E-state index contributed by atoms with van der Waals surface area (Å²) in [6.45, 7) is 9.13. The monoisotopic (exact) mass is 261 g/mol. The van der Waals surface area contributed by atoms with Crippen LogP contribution in [0, 0.1) is 11.8 Å². The predicted octanol–water partition coefficient (Wildman–Crippen LogP) is 3.14. The second-order valence-electron chi connectivity index (χ2n) is 6.18. The van der Waals surface area contributed by atoms with Gasteiger partial charge in [0.1, 0.15) is 0 Å². The van der Waals surface area contributed by atoms with Gasteiger partial charge in [0.2, 0.25) is 0 Å². The highest BCUT2D eigenvalue weighted by molar-refractivity contribution is 5.32. The second-order valence-corrected chi connectivity index (χ2v) is 6.18. The quantitative estimate of drug-likeness (QED) is 0.854. The van der Waals surface area contributed by atoms with Crippen LogP contribution in [-0.2, 0) is 16.6 Å². The summed E-state index contributed by atoms with van der Waals surface area (Å²) in [6.07, 6.45) is 2.36. The first-order chi connectivity index (χ1) is 9.14. The van der Waals surface area contributed by atoms with Gasteiger partial charge in [-0.15, -0.1) is 0 Å². The van der Waals surface area contributed by atoms with Gasteiger partial charge in [0.05, 0.1) is 13.2 Å². The molecule has 1 fully saturated rings. The topological polar surface area (TPSA) is 35.2 Å². The van der Waals surface area contributed by atoms with Crippen molar-refractivity contribution in [1.82, 2.24) is 0 Å². The zero-order valence-corrected chi connectivity index (χ0v) is 12.5. The summed E-state index contributed by atoms with van der Waals surface area (Å²) in [5.74, 6) is 1.09. The highest BCUT2D eigenvalue weighted by Gasteiger charge is 2.47. The van der Waals surface area contributed by atoms with Crippen molar-refractivity contribution in [2.75, 3.05) is 19.8 Å². The van der Waals surface area contributed by atoms with Crippen LogP contribution in [0.15, 0.2) is 24.3 Å². The number of rotatable bonds is 6. The molecule has 0 aromatic heterocycles. The van der Waals surface area contributed by atoms with E-state index < -0.39 is 0 Å². The molecule has 1 unspecified atom stereocenters. The van der Waals surface area contributed by atoms with Crippen molar-refractivity contribution in [2.45, 2.75) is 39.0 Å². The minimum absolute atomic E-state index is 0.146. The fourth-order valence-electron chi connectivity index (χ4n) is 3.34. The van der Waals surface area contributed by atoms with E-state index >= 15 is 0 Å². The average molecular weight is 261 g/mol. The van der Waals surface area contributed by atoms with E-state index in [0.29, 0.717) is 11.8 Å². The Balaban J connectivity index is 2.25. The molecule has 2 nitrogen and oxygen atoms in total. The van der Waals surface area contributed by atoms with Gasteiger partial charge in [-0.3, -0.25) is 0 Å². The van der Waals surface area contributed by atoms with Gasteiger partial charge in [0.15, 0.2) is 0 Å². The largest absolute Gasteiger partial charge is 0.379 e. The molecule has 1 atom stereocenters. The Bertz CT molecular complexity index is 392. The van der Waals surface area contributed by atoms with Gasteiger partial charge < -0.3 is 10.5 Å². The Kier molecular flexibility index (Phi) is 4.64. The van der Waals surface area contributed by atoms with E-state index in [-0.39, 0.29) is 5.41 Å². The van der Waals surface area contributed by atoms with E-state index in [1.807, 2.05) is 0 Å². The third kappa shape index (κ3) is 2.70. The van der Waals surface area contributed by atoms with Crippen LogP contribution >= 0.6 is 0 Å². The summed E-state index contributed by atoms with van der Waals surface area (Å²) in [6, 6.07) is 9.12. The van der Waals surface area contributed by atoms with Crippen LogP contribution in [0.3, 0.4) is 0 Å². The molecule has 2 rings (SSSR count). The van der Waals surface area contributed by atoms with E-state index in [1.165, 1.54) is 17.5 Å². The van der Waals surface area contributed by atoms with Crippen LogP contribution in [0.1, 0.15) is 38.3 Å². The third-order valence-electron chi connectivity index (χ3n) is 4.56. The first-order valence-electron chi connectivity index (χ1n) is 7.51. The van der Waals surface area contributed by atoms with Crippen molar-refractivity contribution in [1.29, 1.82) is 0 Å². The zero-order chi connectivity index (χ0) is 13.9. The Morgan fingerprint density at radius 1 is 1.21 bits per heavy atom. The molecule has 2 heteroatoms. The molecule has 0 amide bonds. The molecule has 0 bridgehead atoms. The summed E-state index contributed by atoms with van der Waals surface area (Å²) in [5.41, 5.74) is 9.01. The van der Waals surface area contributed by atoms with Gasteiger partial charge in [-0.05, 0) is 35.9 Å². The van der Waals surface area contributed by atoms with Crippen LogP contribution in [-0.4, -0.2) is 19.8 Å². The molecule has 106 valence electrons. The number of aryl methyl sites for hydroxylation is 1. The maximum Gasteiger partial charge on any atom is 0.0588 e. The predicted molar refractivity (Wildman–Crippen MR) is 80.3 cm³/mol. The van der Waals surface area contributed by atoms with Gasteiger partial charge in [-0.25, -0.2) is 0 Å². The van der Waals surface area contributed by atoms with E-state index in [2.05, 4.69) is 45.0 Å². The summed E-state index contributed by atoms with van der Waals surface area (Å²) >= 11 is 0. The standard InChI is InChI=1S/C17H27NO/c1-4-5-14-6-8-15(9-7-14)17(11-19-12-17)16(10-18)13(2)3/h6-9,13,16H,4-5,10-12,18H2,1-3H3. The smallest absolute Gasteiger partial charge is 0.0588 e. The van der Waals surface area contributed by atoms with Crippen molar-refractivity contribution >= 4 is 0 Å². The Morgan fingerprint density at radius 3 is 2.21 bits per heavy atom. The van der Waals surface area contributed by atoms with Gasteiger partial charge in [0.25, 0.3) is 0 Å². The molecule has 1 aromatic rings. The Hall–Kier alpha value is -0.860. The molecule has 0 saturated carbocycles. The van der Waals surface area contributed by atoms with Gasteiger partial charge in [0, 0.05) is 5.41 Å². The lowest BCUT2D eigenvalue weighted by atomic mass is 9.64. The highest BCUT2D eigenvalue weighted by atomic mass is 16.5. The van der Waals surface area contributed by atoms with Gasteiger partial charge in [-0.2, -0.15) is 0 Å². The fraction of sp³-hybridized carbons (Fsp3) is 0.647. The van der Waals surface area contributed by atoms with E-state index in [9.17, 15) is 0 Å². The van der Waals surface area contributed by atoms with E-state index in [1.54, 1.807) is 0 Å². The van der Waals surface area contributed by atoms with E-state index in [4.69, 9.17) is 10.5 Å². The number of ether oxygens (including phenoxy) is 1. The van der Waals surface area contributed by atoms with Crippen LogP contribution in [0.4, 0.5) is 0 Å². The molecule has 1 aliphatic rings. The van der Waals surface area contributed by atoms with E-state index in [0.717, 1.165) is 26.2 Å². The maximum absolute atomic E-state index is 6.03. The molecule has 1 heterocycles. The van der Waals surface area contributed by atoms with Crippen molar-refractivity contribution < 1.29 is 4.74 Å². The number of nitrogens with two attached hydrogens (primary N) is 1. The lowest BCUT2D eigenvalue weighted by molar-refractivity contribution is -0.0982. The summed E-state index contributed by atoms with van der Waals surface area (Å²) < 4.78 is 5.55. The third-order valence-corrected chi connectivity index (χ3v) is 4.56. The highest BCUT2D eigenvalue weighted by Crippen LogP contribution is 2.42. The zero-order valence-electron chi connectivity index (χ0n) is 12.5. The van der Waals surface area contributed by atoms with Crippen molar-refractivity contribution in [3.8, 4) is 0 Å². The number of hydrogen-bond donors (Lipinski definition) is 1. The van der Waals surface area contributed by atoms with Crippen LogP contribution in [0.25, 0.3) is 0 Å².